The van der Waals surface area contributed by atoms with E-state index < -0.39 is 5.54 Å². The van der Waals surface area contributed by atoms with Gasteiger partial charge in [-0.15, -0.1) is 0 Å². The monoisotopic (exact) mass is 165 g/mol. The number of aliphatic hydroxyl groups excluding tert-OH is 1. The molecule has 0 bridgehead atoms. The molecule has 2 nitrogen and oxygen atoms in total. The van der Waals surface area contributed by atoms with Crippen LogP contribution < -0.4 is 5.73 Å². The molecule has 0 spiro atoms. The number of hydrogen-bond donors (Lipinski definition) is 2. The quantitative estimate of drug-likeness (QED) is 0.690. The first-order valence-electron chi connectivity index (χ1n) is 4.03. The third kappa shape index (κ3) is 1.84. The Bertz CT molecular complexity index is 268. The highest BCUT2D eigenvalue weighted by Gasteiger charge is 2.19. The predicted octanol–water partition coefficient (Wildman–Crippen LogP) is 1.16. The Morgan fingerprint density at radius 3 is 2.67 bits per heavy atom. The van der Waals surface area contributed by atoms with Gasteiger partial charge in [0.25, 0.3) is 0 Å². The summed E-state index contributed by atoms with van der Waals surface area (Å²) in [5, 5.41) is 9.01. The van der Waals surface area contributed by atoms with E-state index in [1.54, 1.807) is 0 Å². The summed E-state index contributed by atoms with van der Waals surface area (Å²) in [7, 11) is 0. The minimum Gasteiger partial charge on any atom is -0.394 e. The Morgan fingerprint density at radius 2 is 2.17 bits per heavy atom. The summed E-state index contributed by atoms with van der Waals surface area (Å²) >= 11 is 0. The molecule has 2 heteroatoms. The van der Waals surface area contributed by atoms with Gasteiger partial charge in [0.1, 0.15) is 0 Å². The van der Waals surface area contributed by atoms with Crippen molar-refractivity contribution in [1.82, 2.24) is 0 Å². The standard InChI is InChI=1S/C10H15NO/c1-8-4-3-5-9(6-8)10(2,11)7-12/h3-6,12H,7,11H2,1-2H3/t10-/m1/s1. The Hall–Kier alpha value is -0.860. The molecular formula is C10H15NO. The lowest BCUT2D eigenvalue weighted by Gasteiger charge is -2.22. The second kappa shape index (κ2) is 3.25. The van der Waals surface area contributed by atoms with E-state index in [4.69, 9.17) is 10.8 Å². The molecule has 66 valence electrons. The van der Waals surface area contributed by atoms with Crippen LogP contribution in [0.1, 0.15) is 18.1 Å². The third-order valence-electron chi connectivity index (χ3n) is 2.01. The van der Waals surface area contributed by atoms with Gasteiger partial charge in [0.05, 0.1) is 12.1 Å². The molecule has 0 aromatic heterocycles. The molecule has 0 radical (unpaired) electrons. The molecular weight excluding hydrogens is 150 g/mol. The zero-order valence-electron chi connectivity index (χ0n) is 7.54. The van der Waals surface area contributed by atoms with Gasteiger partial charge in [0.15, 0.2) is 0 Å². The molecule has 3 N–H and O–H groups in total. The fraction of sp³-hybridized carbons (Fsp3) is 0.400. The highest BCUT2D eigenvalue weighted by atomic mass is 16.3. The van der Waals surface area contributed by atoms with Crippen molar-refractivity contribution < 1.29 is 5.11 Å². The Labute approximate surface area is 73.0 Å². The highest BCUT2D eigenvalue weighted by molar-refractivity contribution is 5.27. The molecule has 0 unspecified atom stereocenters. The normalized spacial score (nSPS) is 15.7. The van der Waals surface area contributed by atoms with Crippen molar-refractivity contribution in [3.05, 3.63) is 35.4 Å². The number of rotatable bonds is 2. The van der Waals surface area contributed by atoms with Gasteiger partial charge in [-0.1, -0.05) is 29.8 Å². The SMILES string of the molecule is Cc1cccc([C@](C)(N)CO)c1. The van der Waals surface area contributed by atoms with Crippen molar-refractivity contribution in [1.29, 1.82) is 0 Å². The zero-order valence-corrected chi connectivity index (χ0v) is 7.54. The van der Waals surface area contributed by atoms with Gasteiger partial charge in [0, 0.05) is 0 Å². The van der Waals surface area contributed by atoms with Crippen LogP contribution in [-0.2, 0) is 5.54 Å². The molecule has 0 saturated carbocycles. The van der Waals surface area contributed by atoms with Crippen LogP contribution in [0.2, 0.25) is 0 Å². The maximum absolute atomic E-state index is 9.01. The van der Waals surface area contributed by atoms with Crippen LogP contribution in [0, 0.1) is 6.92 Å². The fourth-order valence-electron chi connectivity index (χ4n) is 1.09. The maximum Gasteiger partial charge on any atom is 0.0650 e. The van der Waals surface area contributed by atoms with E-state index >= 15 is 0 Å². The van der Waals surface area contributed by atoms with E-state index in [2.05, 4.69) is 0 Å². The summed E-state index contributed by atoms with van der Waals surface area (Å²) in [6.45, 7) is 3.80. The maximum atomic E-state index is 9.01. The van der Waals surface area contributed by atoms with Crippen molar-refractivity contribution in [2.24, 2.45) is 5.73 Å². The largest absolute Gasteiger partial charge is 0.394 e. The van der Waals surface area contributed by atoms with Gasteiger partial charge in [-0.25, -0.2) is 0 Å². The van der Waals surface area contributed by atoms with Crippen LogP contribution in [0.4, 0.5) is 0 Å². The first kappa shape index (κ1) is 9.23. The van der Waals surface area contributed by atoms with Gasteiger partial charge in [-0.3, -0.25) is 0 Å². The lowest BCUT2D eigenvalue weighted by Crippen LogP contribution is -2.36. The lowest BCUT2D eigenvalue weighted by molar-refractivity contribution is 0.210. The molecule has 0 aliphatic heterocycles. The molecule has 0 aliphatic rings. The number of benzene rings is 1. The second-order valence-electron chi connectivity index (χ2n) is 3.45. The fourth-order valence-corrected chi connectivity index (χ4v) is 1.09. The summed E-state index contributed by atoms with van der Waals surface area (Å²) in [5.74, 6) is 0. The van der Waals surface area contributed by atoms with Gasteiger partial charge in [-0.05, 0) is 19.4 Å². The van der Waals surface area contributed by atoms with Crippen molar-refractivity contribution in [3.8, 4) is 0 Å². The molecule has 1 rings (SSSR count). The summed E-state index contributed by atoms with van der Waals surface area (Å²) in [5.41, 5.74) is 7.38. The molecule has 0 fully saturated rings. The third-order valence-corrected chi connectivity index (χ3v) is 2.01. The van der Waals surface area contributed by atoms with Crippen molar-refractivity contribution in [3.63, 3.8) is 0 Å². The van der Waals surface area contributed by atoms with Gasteiger partial charge >= 0.3 is 0 Å². The topological polar surface area (TPSA) is 46.2 Å². The van der Waals surface area contributed by atoms with Crippen LogP contribution in [0.3, 0.4) is 0 Å². The van der Waals surface area contributed by atoms with E-state index in [1.165, 1.54) is 0 Å². The summed E-state index contributed by atoms with van der Waals surface area (Å²) in [6, 6.07) is 7.89. The highest BCUT2D eigenvalue weighted by Crippen LogP contribution is 2.17. The minimum absolute atomic E-state index is 0.0313. The summed E-state index contributed by atoms with van der Waals surface area (Å²) in [6.07, 6.45) is 0. The van der Waals surface area contributed by atoms with E-state index in [0.717, 1.165) is 11.1 Å². The van der Waals surface area contributed by atoms with Crippen LogP contribution in [-0.4, -0.2) is 11.7 Å². The van der Waals surface area contributed by atoms with E-state index in [9.17, 15) is 0 Å². The van der Waals surface area contributed by atoms with Crippen LogP contribution >= 0.6 is 0 Å². The summed E-state index contributed by atoms with van der Waals surface area (Å²) < 4.78 is 0. The average molecular weight is 165 g/mol. The zero-order chi connectivity index (χ0) is 9.19. The Kier molecular flexibility index (Phi) is 2.50. The van der Waals surface area contributed by atoms with Crippen molar-refractivity contribution in [2.75, 3.05) is 6.61 Å². The van der Waals surface area contributed by atoms with E-state index in [1.807, 2.05) is 38.1 Å². The molecule has 1 aromatic rings. The molecule has 1 atom stereocenters. The Balaban J connectivity index is 3.03. The van der Waals surface area contributed by atoms with E-state index in [0.29, 0.717) is 0 Å². The van der Waals surface area contributed by atoms with Crippen LogP contribution in [0.15, 0.2) is 24.3 Å². The number of aliphatic hydroxyl groups is 1. The molecule has 12 heavy (non-hydrogen) atoms. The molecule has 0 aliphatic carbocycles. The second-order valence-corrected chi connectivity index (χ2v) is 3.45. The van der Waals surface area contributed by atoms with Crippen molar-refractivity contribution >= 4 is 0 Å². The molecule has 0 heterocycles. The number of aryl methyl sites for hydroxylation is 1. The van der Waals surface area contributed by atoms with Gasteiger partial charge < -0.3 is 10.8 Å². The average Bonchev–Trinajstić information content (AvgIpc) is 2.05. The molecule has 0 saturated heterocycles. The first-order chi connectivity index (χ1) is 5.56. The summed E-state index contributed by atoms with van der Waals surface area (Å²) in [4.78, 5) is 0. The Morgan fingerprint density at radius 1 is 1.50 bits per heavy atom. The molecule has 1 aromatic carbocycles. The van der Waals surface area contributed by atoms with Gasteiger partial charge in [-0.2, -0.15) is 0 Å². The minimum atomic E-state index is -0.619. The molecule has 0 amide bonds. The predicted molar refractivity (Wildman–Crippen MR) is 49.8 cm³/mol. The smallest absolute Gasteiger partial charge is 0.0650 e. The first-order valence-corrected chi connectivity index (χ1v) is 4.03. The number of nitrogens with two attached hydrogens (primary N) is 1. The van der Waals surface area contributed by atoms with Crippen LogP contribution in [0.5, 0.6) is 0 Å². The number of hydrogen-bond acceptors (Lipinski definition) is 2. The van der Waals surface area contributed by atoms with Crippen molar-refractivity contribution in [2.45, 2.75) is 19.4 Å². The van der Waals surface area contributed by atoms with E-state index in [-0.39, 0.29) is 6.61 Å². The lowest BCUT2D eigenvalue weighted by atomic mass is 9.93. The van der Waals surface area contributed by atoms with Gasteiger partial charge in [0.2, 0.25) is 0 Å². The van der Waals surface area contributed by atoms with Crippen LogP contribution in [0.25, 0.3) is 0 Å².